The highest BCUT2D eigenvalue weighted by atomic mass is 32.2. The Morgan fingerprint density at radius 3 is 2.13 bits per heavy atom. The molecule has 0 aliphatic heterocycles. The summed E-state index contributed by atoms with van der Waals surface area (Å²) in [4.78, 5) is 40.1. The molecule has 3 amide bonds. The lowest BCUT2D eigenvalue weighted by atomic mass is 10.1. The third-order valence-electron chi connectivity index (χ3n) is 5.28. The van der Waals surface area contributed by atoms with Crippen molar-refractivity contribution in [2.24, 2.45) is 0 Å². The van der Waals surface area contributed by atoms with E-state index in [2.05, 4.69) is 15.6 Å². The van der Waals surface area contributed by atoms with E-state index in [-0.39, 0.29) is 34.4 Å². The smallest absolute Gasteiger partial charge is 0.414 e. The minimum absolute atomic E-state index is 0.0708. The number of hydrogen-bond acceptors (Lipinski definition) is 9. The van der Waals surface area contributed by atoms with Crippen LogP contribution in [0.5, 0.6) is 11.6 Å². The number of carbonyl (C=O) groups is 3. The van der Waals surface area contributed by atoms with E-state index in [1.807, 2.05) is 29.0 Å². The molecule has 12 nitrogen and oxygen atoms in total. The van der Waals surface area contributed by atoms with E-state index < -0.39 is 22.0 Å². The molecule has 0 aliphatic carbocycles. The van der Waals surface area contributed by atoms with E-state index in [0.717, 1.165) is 17.5 Å². The van der Waals surface area contributed by atoms with Gasteiger partial charge in [0.2, 0.25) is 5.88 Å². The van der Waals surface area contributed by atoms with Crippen LogP contribution in [0.2, 0.25) is 0 Å². The van der Waals surface area contributed by atoms with Crippen molar-refractivity contribution in [3.63, 3.8) is 0 Å². The first-order chi connectivity index (χ1) is 18.7. The second-order valence-electron chi connectivity index (χ2n) is 8.01. The maximum Gasteiger partial charge on any atom is 0.414 e. The number of hydrogen-bond donors (Lipinski definition) is 3. The van der Waals surface area contributed by atoms with E-state index in [9.17, 15) is 22.8 Å². The van der Waals surface area contributed by atoms with Gasteiger partial charge in [0.25, 0.3) is 21.8 Å². The average Bonchev–Trinajstić information content (AvgIpc) is 2.93. The van der Waals surface area contributed by atoms with Crippen LogP contribution in [0.1, 0.15) is 26.3 Å². The number of methoxy groups -OCH3 is 2. The van der Waals surface area contributed by atoms with Crippen LogP contribution in [0.4, 0.5) is 4.79 Å². The summed E-state index contributed by atoms with van der Waals surface area (Å²) < 4.78 is 42.1. The van der Waals surface area contributed by atoms with Crippen molar-refractivity contribution in [3.05, 3.63) is 83.6 Å². The molecule has 3 N–H and O–H groups in total. The Hall–Kier alpha value is -4.49. The highest BCUT2D eigenvalue weighted by Gasteiger charge is 2.20. The van der Waals surface area contributed by atoms with E-state index >= 15 is 0 Å². The SMILES string of the molecule is COCCNC(=O)Oc1ccc(C(=O)NS(=O)(=O)c2ccc(C(=O)NCCc3ccc(OC)cc3)cc2)cn1. The highest BCUT2D eigenvalue weighted by molar-refractivity contribution is 7.90. The van der Waals surface area contributed by atoms with E-state index in [1.165, 1.54) is 43.5 Å². The first-order valence-corrected chi connectivity index (χ1v) is 13.2. The molecule has 0 unspecified atom stereocenters. The van der Waals surface area contributed by atoms with Crippen molar-refractivity contribution < 1.29 is 37.0 Å². The lowest BCUT2D eigenvalue weighted by Gasteiger charge is -2.09. The summed E-state index contributed by atoms with van der Waals surface area (Å²) >= 11 is 0. The van der Waals surface area contributed by atoms with Gasteiger partial charge in [-0.05, 0) is 54.4 Å². The molecule has 1 heterocycles. The minimum Gasteiger partial charge on any atom is -0.497 e. The summed E-state index contributed by atoms with van der Waals surface area (Å²) in [7, 11) is -1.16. The van der Waals surface area contributed by atoms with Crippen LogP contribution < -0.4 is 24.8 Å². The number of sulfonamides is 1. The predicted molar refractivity (Wildman–Crippen MR) is 140 cm³/mol. The Morgan fingerprint density at radius 1 is 0.821 bits per heavy atom. The Labute approximate surface area is 225 Å². The summed E-state index contributed by atoms with van der Waals surface area (Å²) in [6, 6.07) is 15.2. The number of nitrogens with zero attached hydrogens (tertiary/aromatic N) is 1. The van der Waals surface area contributed by atoms with Crippen LogP contribution in [0.25, 0.3) is 0 Å². The van der Waals surface area contributed by atoms with Gasteiger partial charge in [-0.3, -0.25) is 9.59 Å². The van der Waals surface area contributed by atoms with Crippen LogP contribution in [-0.4, -0.2) is 65.2 Å². The molecule has 0 saturated carbocycles. The normalized spacial score (nSPS) is 10.8. The third kappa shape index (κ3) is 8.79. The van der Waals surface area contributed by atoms with Gasteiger partial charge in [0.05, 0.1) is 24.2 Å². The number of rotatable bonds is 12. The summed E-state index contributed by atoms with van der Waals surface area (Å²) in [6.07, 6.45) is 0.924. The monoisotopic (exact) mass is 556 g/mol. The molecule has 0 spiro atoms. The lowest BCUT2D eigenvalue weighted by Crippen LogP contribution is -2.31. The molecule has 1 aromatic heterocycles. The van der Waals surface area contributed by atoms with Crippen LogP contribution in [0, 0.1) is 0 Å². The Balaban J connectivity index is 1.52. The first kappa shape index (κ1) is 29.1. The molecule has 2 aromatic carbocycles. The zero-order chi connectivity index (χ0) is 28.3. The zero-order valence-electron chi connectivity index (χ0n) is 21.3. The number of amides is 3. The van der Waals surface area contributed by atoms with Gasteiger partial charge in [0.15, 0.2) is 0 Å². The second kappa shape index (κ2) is 13.9. The quantitative estimate of drug-likeness (QED) is 0.283. The van der Waals surface area contributed by atoms with Crippen LogP contribution in [0.15, 0.2) is 71.8 Å². The summed E-state index contributed by atoms with van der Waals surface area (Å²) in [6.45, 7) is 0.930. The van der Waals surface area contributed by atoms with E-state index in [1.54, 1.807) is 7.11 Å². The molecule has 0 bridgehead atoms. The van der Waals surface area contributed by atoms with Gasteiger partial charge in [-0.2, -0.15) is 0 Å². The van der Waals surface area contributed by atoms with Gasteiger partial charge < -0.3 is 24.8 Å². The molecule has 0 fully saturated rings. The van der Waals surface area contributed by atoms with Crippen molar-refractivity contribution in [1.82, 2.24) is 20.3 Å². The molecule has 3 aromatic rings. The molecular weight excluding hydrogens is 528 g/mol. The van der Waals surface area contributed by atoms with Crippen molar-refractivity contribution in [1.29, 1.82) is 0 Å². The topological polar surface area (TPSA) is 162 Å². The van der Waals surface area contributed by atoms with E-state index in [0.29, 0.717) is 19.6 Å². The lowest BCUT2D eigenvalue weighted by molar-refractivity contribution is 0.0951. The molecule has 13 heteroatoms. The number of pyridine rings is 1. The predicted octanol–water partition coefficient (Wildman–Crippen LogP) is 1.92. The number of benzene rings is 2. The molecule has 0 radical (unpaired) electrons. The fourth-order valence-electron chi connectivity index (χ4n) is 3.20. The van der Waals surface area contributed by atoms with Crippen molar-refractivity contribution >= 4 is 27.9 Å². The van der Waals surface area contributed by atoms with Crippen molar-refractivity contribution in [2.75, 3.05) is 33.9 Å². The summed E-state index contributed by atoms with van der Waals surface area (Å²) in [5, 5.41) is 5.22. The van der Waals surface area contributed by atoms with Gasteiger partial charge >= 0.3 is 6.09 Å². The Morgan fingerprint density at radius 2 is 1.51 bits per heavy atom. The van der Waals surface area contributed by atoms with Gasteiger partial charge in [-0.25, -0.2) is 22.9 Å². The number of carbonyl (C=O) groups excluding carboxylic acids is 3. The number of aromatic nitrogens is 1. The average molecular weight is 557 g/mol. The molecule has 39 heavy (non-hydrogen) atoms. The largest absolute Gasteiger partial charge is 0.497 e. The second-order valence-corrected chi connectivity index (χ2v) is 9.69. The maximum absolute atomic E-state index is 12.7. The summed E-state index contributed by atoms with van der Waals surface area (Å²) in [5.41, 5.74) is 1.22. The minimum atomic E-state index is -4.23. The molecule has 206 valence electrons. The van der Waals surface area contributed by atoms with E-state index in [4.69, 9.17) is 14.2 Å². The third-order valence-corrected chi connectivity index (χ3v) is 6.63. The van der Waals surface area contributed by atoms with Crippen LogP contribution in [0.3, 0.4) is 0 Å². The van der Waals surface area contributed by atoms with Gasteiger partial charge in [0.1, 0.15) is 5.75 Å². The first-order valence-electron chi connectivity index (χ1n) is 11.7. The molecular formula is C26H28N4O8S. The highest BCUT2D eigenvalue weighted by Crippen LogP contribution is 2.14. The van der Waals surface area contributed by atoms with Crippen LogP contribution >= 0.6 is 0 Å². The van der Waals surface area contributed by atoms with Gasteiger partial charge in [-0.15, -0.1) is 0 Å². The summed E-state index contributed by atoms with van der Waals surface area (Å²) in [5.74, 6) is -0.632. The fraction of sp³-hybridized carbons (Fsp3) is 0.231. The van der Waals surface area contributed by atoms with Crippen molar-refractivity contribution in [2.45, 2.75) is 11.3 Å². The molecule has 0 saturated heterocycles. The fourth-order valence-corrected chi connectivity index (χ4v) is 4.18. The maximum atomic E-state index is 12.7. The molecule has 0 atom stereocenters. The van der Waals surface area contributed by atoms with Gasteiger partial charge in [0, 0.05) is 38.0 Å². The Bertz CT molecular complexity index is 1380. The van der Waals surface area contributed by atoms with Crippen LogP contribution in [-0.2, 0) is 21.2 Å². The number of ether oxygens (including phenoxy) is 3. The Kier molecular flexibility index (Phi) is 10.3. The van der Waals surface area contributed by atoms with Crippen molar-refractivity contribution in [3.8, 4) is 11.6 Å². The molecule has 3 rings (SSSR count). The number of nitrogens with one attached hydrogen (secondary N) is 3. The molecule has 0 aliphatic rings. The van der Waals surface area contributed by atoms with Gasteiger partial charge in [-0.1, -0.05) is 12.1 Å². The standard InChI is InChI=1S/C26H28N4O8S/c1-36-16-15-28-26(33)38-23-12-7-20(17-29-23)25(32)30-39(34,35)22-10-5-19(6-11-22)24(31)27-14-13-18-3-8-21(37-2)9-4-18/h3-12,17H,13-16H2,1-2H3,(H,27,31)(H,28,33)(H,30,32). The zero-order valence-corrected chi connectivity index (χ0v) is 22.1.